The van der Waals surface area contributed by atoms with Crippen LogP contribution in [0.2, 0.25) is 0 Å². The molecule has 8 rings (SSSR count). The average Bonchev–Trinajstić information content (AvgIpc) is 3.31. The molecule has 37 heavy (non-hydrogen) atoms. The van der Waals surface area contributed by atoms with E-state index >= 15 is 0 Å². The molecule has 3 nitrogen and oxygen atoms in total. The molecule has 0 N–H and O–H groups in total. The van der Waals surface area contributed by atoms with Crippen molar-refractivity contribution >= 4 is 21.8 Å². The molecule has 5 aromatic carbocycles. The number of benzene rings is 5. The van der Waals surface area contributed by atoms with Gasteiger partial charge in [0.2, 0.25) is 5.95 Å². The summed E-state index contributed by atoms with van der Waals surface area (Å²) in [5, 5.41) is 2.40. The van der Waals surface area contributed by atoms with E-state index in [-0.39, 0.29) is 0 Å². The van der Waals surface area contributed by atoms with Gasteiger partial charge in [0.15, 0.2) is 0 Å². The predicted molar refractivity (Wildman–Crippen MR) is 152 cm³/mol. The molecule has 0 fully saturated rings. The van der Waals surface area contributed by atoms with Gasteiger partial charge in [-0.05, 0) is 39.9 Å². The van der Waals surface area contributed by atoms with Crippen LogP contribution in [-0.2, 0) is 0 Å². The fourth-order valence-electron chi connectivity index (χ4n) is 5.85. The van der Waals surface area contributed by atoms with Crippen LogP contribution in [0.4, 0.5) is 0 Å². The number of aromatic nitrogens is 3. The van der Waals surface area contributed by atoms with Gasteiger partial charge >= 0.3 is 0 Å². The molecule has 3 heteroatoms. The molecular weight excluding hydrogens is 450 g/mol. The molecule has 0 saturated heterocycles. The molecule has 2 heterocycles. The van der Waals surface area contributed by atoms with Gasteiger partial charge in [-0.3, -0.25) is 4.57 Å². The van der Waals surface area contributed by atoms with Gasteiger partial charge in [-0.1, -0.05) is 109 Å². The number of hydrogen-bond donors (Lipinski definition) is 0. The van der Waals surface area contributed by atoms with Crippen molar-refractivity contribution in [2.24, 2.45) is 0 Å². The third-order valence-electron chi connectivity index (χ3n) is 7.46. The number of rotatable bonds is 1. The third-order valence-corrected chi connectivity index (χ3v) is 7.46. The van der Waals surface area contributed by atoms with Crippen molar-refractivity contribution in [1.82, 2.24) is 14.5 Å². The third kappa shape index (κ3) is 2.88. The minimum atomic E-state index is 0.678. The van der Waals surface area contributed by atoms with E-state index in [1.165, 1.54) is 33.0 Å². The van der Waals surface area contributed by atoms with E-state index in [2.05, 4.69) is 126 Å². The lowest BCUT2D eigenvalue weighted by atomic mass is 9.83. The molecule has 0 atom stereocenters. The van der Waals surface area contributed by atoms with Crippen molar-refractivity contribution in [1.29, 1.82) is 0 Å². The zero-order chi connectivity index (χ0) is 24.3. The molecular formula is C34H21N3. The highest BCUT2D eigenvalue weighted by Crippen LogP contribution is 2.46. The van der Waals surface area contributed by atoms with Gasteiger partial charge in [0.1, 0.15) is 0 Å². The Labute approximate surface area is 214 Å². The highest BCUT2D eigenvalue weighted by atomic mass is 15.2. The van der Waals surface area contributed by atoms with E-state index in [4.69, 9.17) is 9.97 Å². The molecule has 1 aliphatic rings. The topological polar surface area (TPSA) is 30.7 Å². The second-order valence-electron chi connectivity index (χ2n) is 9.44. The van der Waals surface area contributed by atoms with Crippen LogP contribution in [0, 0.1) is 0 Å². The summed E-state index contributed by atoms with van der Waals surface area (Å²) in [7, 11) is 0. The van der Waals surface area contributed by atoms with E-state index in [0.717, 1.165) is 33.4 Å². The minimum Gasteiger partial charge on any atom is -0.278 e. The van der Waals surface area contributed by atoms with Crippen LogP contribution in [0.5, 0.6) is 0 Å². The Kier molecular flexibility index (Phi) is 4.23. The van der Waals surface area contributed by atoms with Crippen LogP contribution in [0.3, 0.4) is 0 Å². The van der Waals surface area contributed by atoms with Crippen LogP contribution < -0.4 is 0 Å². The standard InChI is InChI=1S/C34H21N3/c1-2-12-23-22(11-1)24-13-3-4-15-26(24)30-21-35-34(36-33(30)29-18-6-5-14-25(23)29)37-31-19-9-7-16-27(31)28-17-8-10-20-32(28)37/h1-21H. The Bertz CT molecular complexity index is 1940. The lowest BCUT2D eigenvalue weighted by Crippen LogP contribution is -2.05. The summed E-state index contributed by atoms with van der Waals surface area (Å²) < 4.78 is 2.19. The van der Waals surface area contributed by atoms with Crippen molar-refractivity contribution in [2.45, 2.75) is 0 Å². The second-order valence-corrected chi connectivity index (χ2v) is 9.44. The normalized spacial score (nSPS) is 11.8. The number of nitrogens with zero attached hydrogens (tertiary/aromatic N) is 3. The Morgan fingerprint density at radius 1 is 0.405 bits per heavy atom. The van der Waals surface area contributed by atoms with Crippen molar-refractivity contribution in [3.63, 3.8) is 0 Å². The molecule has 0 unspecified atom stereocenters. The number of para-hydroxylation sites is 2. The summed E-state index contributed by atoms with van der Waals surface area (Å²) in [5.74, 6) is 0.678. The van der Waals surface area contributed by atoms with Crippen LogP contribution in [-0.4, -0.2) is 14.5 Å². The number of hydrogen-bond acceptors (Lipinski definition) is 2. The smallest absolute Gasteiger partial charge is 0.235 e. The molecule has 7 aromatic rings. The van der Waals surface area contributed by atoms with E-state index in [1.807, 2.05) is 6.20 Å². The van der Waals surface area contributed by atoms with Crippen molar-refractivity contribution in [3.8, 4) is 50.6 Å². The molecule has 0 spiro atoms. The summed E-state index contributed by atoms with van der Waals surface area (Å²) in [5.41, 5.74) is 11.3. The summed E-state index contributed by atoms with van der Waals surface area (Å²) >= 11 is 0. The van der Waals surface area contributed by atoms with E-state index < -0.39 is 0 Å². The maximum absolute atomic E-state index is 5.32. The largest absolute Gasteiger partial charge is 0.278 e. The minimum absolute atomic E-state index is 0.678. The van der Waals surface area contributed by atoms with Crippen LogP contribution >= 0.6 is 0 Å². The van der Waals surface area contributed by atoms with Gasteiger partial charge in [-0.15, -0.1) is 0 Å². The second kappa shape index (κ2) is 7.74. The summed E-state index contributed by atoms with van der Waals surface area (Å²) in [6.07, 6.45) is 2.00. The highest BCUT2D eigenvalue weighted by molar-refractivity contribution is 6.09. The van der Waals surface area contributed by atoms with E-state index in [1.54, 1.807) is 0 Å². The maximum Gasteiger partial charge on any atom is 0.235 e. The molecule has 1 aliphatic carbocycles. The first kappa shape index (κ1) is 20.2. The quantitative estimate of drug-likeness (QED) is 0.240. The first-order valence-electron chi connectivity index (χ1n) is 12.5. The van der Waals surface area contributed by atoms with Gasteiger partial charge in [0, 0.05) is 28.1 Å². The summed E-state index contributed by atoms with van der Waals surface area (Å²) in [6.45, 7) is 0. The molecule has 0 aliphatic heterocycles. The van der Waals surface area contributed by atoms with Gasteiger partial charge in [0.05, 0.1) is 16.7 Å². The molecule has 0 amide bonds. The van der Waals surface area contributed by atoms with Gasteiger partial charge in [-0.25, -0.2) is 9.97 Å². The average molecular weight is 472 g/mol. The Hall–Kier alpha value is -5.02. The first-order chi connectivity index (χ1) is 18.4. The SMILES string of the molecule is c1ccc2c(c1)-c1ccccc1-c1cnc(-n3c4ccccc4c4ccccc43)nc1-c1ccccc1-2. The van der Waals surface area contributed by atoms with Crippen LogP contribution in [0.15, 0.2) is 128 Å². The van der Waals surface area contributed by atoms with Gasteiger partial charge < -0.3 is 0 Å². The van der Waals surface area contributed by atoms with Crippen molar-refractivity contribution in [3.05, 3.63) is 128 Å². The lowest BCUT2D eigenvalue weighted by molar-refractivity contribution is 0.993. The van der Waals surface area contributed by atoms with Crippen molar-refractivity contribution in [2.75, 3.05) is 0 Å². The molecule has 172 valence electrons. The Balaban J connectivity index is 1.49. The van der Waals surface area contributed by atoms with E-state index in [0.29, 0.717) is 5.95 Å². The van der Waals surface area contributed by atoms with Gasteiger partial charge in [-0.2, -0.15) is 0 Å². The highest BCUT2D eigenvalue weighted by Gasteiger charge is 2.24. The fraction of sp³-hybridized carbons (Fsp3) is 0. The summed E-state index contributed by atoms with van der Waals surface area (Å²) in [6, 6.07) is 42.8. The van der Waals surface area contributed by atoms with Crippen LogP contribution in [0.25, 0.3) is 72.4 Å². The molecule has 2 aromatic heterocycles. The zero-order valence-corrected chi connectivity index (χ0v) is 20.0. The van der Waals surface area contributed by atoms with Crippen molar-refractivity contribution < 1.29 is 0 Å². The first-order valence-corrected chi connectivity index (χ1v) is 12.5. The monoisotopic (exact) mass is 471 g/mol. The predicted octanol–water partition coefficient (Wildman–Crippen LogP) is 8.56. The van der Waals surface area contributed by atoms with Crippen LogP contribution in [0.1, 0.15) is 0 Å². The Morgan fingerprint density at radius 3 is 1.35 bits per heavy atom. The fourth-order valence-corrected chi connectivity index (χ4v) is 5.85. The Morgan fingerprint density at radius 2 is 0.811 bits per heavy atom. The number of fused-ring (bicyclic) bond motifs is 11. The zero-order valence-electron chi connectivity index (χ0n) is 20.0. The molecule has 0 radical (unpaired) electrons. The summed E-state index contributed by atoms with van der Waals surface area (Å²) in [4.78, 5) is 10.3. The molecule has 0 bridgehead atoms. The van der Waals surface area contributed by atoms with Gasteiger partial charge in [0.25, 0.3) is 0 Å². The maximum atomic E-state index is 5.32. The molecule has 0 saturated carbocycles. The lowest BCUT2D eigenvalue weighted by Gasteiger charge is -2.22. The van der Waals surface area contributed by atoms with E-state index in [9.17, 15) is 0 Å².